The van der Waals surface area contributed by atoms with Gasteiger partial charge in [-0.3, -0.25) is 14.9 Å². The zero-order valence-electron chi connectivity index (χ0n) is 16.7. The van der Waals surface area contributed by atoms with E-state index in [1.165, 1.54) is 0 Å². The Kier molecular flexibility index (Phi) is 6.23. The van der Waals surface area contributed by atoms with E-state index in [1.54, 1.807) is 0 Å². The molecule has 1 aromatic heterocycles. The summed E-state index contributed by atoms with van der Waals surface area (Å²) in [5, 5.41) is 1.68. The van der Waals surface area contributed by atoms with Gasteiger partial charge >= 0.3 is 0 Å². The second-order valence-corrected chi connectivity index (χ2v) is 8.21. The molecule has 1 unspecified atom stereocenters. The highest BCUT2D eigenvalue weighted by atomic mass is 32.2. The molecule has 3 aromatic rings. The largest absolute Gasteiger partial charge is 0.492 e. The third kappa shape index (κ3) is 4.76. The van der Waals surface area contributed by atoms with E-state index < -0.39 is 0 Å². The van der Waals surface area contributed by atoms with Crippen LogP contribution >= 0.6 is 11.8 Å². The van der Waals surface area contributed by atoms with Crippen LogP contribution in [0.5, 0.6) is 5.75 Å². The average molecular weight is 426 g/mol. The number of thioether (sulfide) groups is 1. The van der Waals surface area contributed by atoms with Gasteiger partial charge in [0.1, 0.15) is 17.9 Å². The zero-order chi connectivity index (χ0) is 20.9. The fourth-order valence-electron chi connectivity index (χ4n) is 3.31. The van der Waals surface area contributed by atoms with Gasteiger partial charge in [0, 0.05) is 6.54 Å². The molecule has 7 nitrogen and oxygen atoms in total. The normalized spacial score (nSPS) is 16.1. The number of ether oxygens (including phenoxy) is 1. The highest BCUT2D eigenvalue weighted by Gasteiger charge is 2.31. The summed E-state index contributed by atoms with van der Waals surface area (Å²) in [6.45, 7) is 4.09. The Morgan fingerprint density at radius 2 is 1.93 bits per heavy atom. The number of hydrogen-bond donors (Lipinski definition) is 1. The summed E-state index contributed by atoms with van der Waals surface area (Å²) >= 11 is 1.04. The molecule has 1 saturated heterocycles. The maximum atomic E-state index is 11.7. The molecule has 0 spiro atoms. The fourth-order valence-corrected chi connectivity index (χ4v) is 4.17. The van der Waals surface area contributed by atoms with Crippen molar-refractivity contribution in [1.82, 2.24) is 10.3 Å². The molecule has 0 aliphatic carbocycles. The second kappa shape index (κ2) is 9.21. The summed E-state index contributed by atoms with van der Waals surface area (Å²) < 4.78 is 11.8. The van der Waals surface area contributed by atoms with Crippen molar-refractivity contribution in [3.63, 3.8) is 0 Å². The van der Waals surface area contributed by atoms with Crippen molar-refractivity contribution in [1.29, 1.82) is 0 Å². The van der Waals surface area contributed by atoms with E-state index in [4.69, 9.17) is 9.15 Å². The van der Waals surface area contributed by atoms with Crippen LogP contribution in [-0.2, 0) is 11.2 Å². The molecule has 4 rings (SSSR count). The molecular weight excluding hydrogens is 402 g/mol. The van der Waals surface area contributed by atoms with Gasteiger partial charge < -0.3 is 14.1 Å². The van der Waals surface area contributed by atoms with Crippen LogP contribution in [0.2, 0.25) is 0 Å². The van der Waals surface area contributed by atoms with Crippen LogP contribution in [-0.4, -0.2) is 41.1 Å². The number of fused-ring (bicyclic) bond motifs is 1. The summed E-state index contributed by atoms with van der Waals surface area (Å²) in [5.41, 5.74) is 2.62. The van der Waals surface area contributed by atoms with Gasteiger partial charge in [-0.05, 0) is 42.7 Å². The van der Waals surface area contributed by atoms with Crippen LogP contribution in [0.4, 0.5) is 10.8 Å². The number of imide groups is 1. The highest BCUT2D eigenvalue weighted by molar-refractivity contribution is 8.15. The third-order valence-corrected chi connectivity index (χ3v) is 5.77. The van der Waals surface area contributed by atoms with Gasteiger partial charge in [0.2, 0.25) is 5.91 Å². The van der Waals surface area contributed by atoms with E-state index in [0.29, 0.717) is 25.6 Å². The monoisotopic (exact) mass is 425 g/mol. The van der Waals surface area contributed by atoms with Crippen LogP contribution in [0.15, 0.2) is 52.9 Å². The molecule has 1 aliphatic heterocycles. The number of carbonyl (C=O) groups excluding carboxylic acids is 2. The Hall–Kier alpha value is -3.00. The number of hydrogen-bond acceptors (Lipinski definition) is 7. The number of amides is 2. The predicted octanol–water partition coefficient (Wildman–Crippen LogP) is 4.02. The molecule has 0 bridgehead atoms. The van der Waals surface area contributed by atoms with E-state index >= 15 is 0 Å². The lowest BCUT2D eigenvalue weighted by molar-refractivity contribution is -0.118. The minimum Gasteiger partial charge on any atom is -0.492 e. The van der Waals surface area contributed by atoms with Gasteiger partial charge in [0.05, 0.1) is 11.8 Å². The maximum Gasteiger partial charge on any atom is 0.298 e. The number of benzene rings is 2. The number of para-hydroxylation sites is 2. The molecule has 2 heterocycles. The minimum absolute atomic E-state index is 0.222. The molecular formula is C22H23N3O4S. The molecule has 0 saturated carbocycles. The van der Waals surface area contributed by atoms with Crippen molar-refractivity contribution in [2.24, 2.45) is 0 Å². The van der Waals surface area contributed by atoms with Gasteiger partial charge in [-0.25, -0.2) is 0 Å². The van der Waals surface area contributed by atoms with Crippen LogP contribution in [0, 0.1) is 0 Å². The number of rotatable bonds is 9. The summed E-state index contributed by atoms with van der Waals surface area (Å²) in [4.78, 5) is 29.6. The quantitative estimate of drug-likeness (QED) is 0.554. The molecule has 1 N–H and O–H groups in total. The van der Waals surface area contributed by atoms with Crippen molar-refractivity contribution in [2.45, 2.75) is 25.0 Å². The number of anilines is 1. The number of carbonyl (C=O) groups is 2. The molecule has 156 valence electrons. The molecule has 30 heavy (non-hydrogen) atoms. The number of aromatic nitrogens is 1. The van der Waals surface area contributed by atoms with Crippen LogP contribution in [0.1, 0.15) is 18.9 Å². The first kappa shape index (κ1) is 20.3. The summed E-state index contributed by atoms with van der Waals surface area (Å²) in [5.74, 6) is 0.535. The lowest BCUT2D eigenvalue weighted by Gasteiger charge is -2.20. The van der Waals surface area contributed by atoms with E-state index in [-0.39, 0.29) is 16.4 Å². The average Bonchev–Trinajstić information content (AvgIpc) is 3.31. The highest BCUT2D eigenvalue weighted by Crippen LogP contribution is 2.24. The Labute approximate surface area is 178 Å². The summed E-state index contributed by atoms with van der Waals surface area (Å²) in [7, 11) is 0. The van der Waals surface area contributed by atoms with Crippen LogP contribution < -0.4 is 15.0 Å². The Bertz CT molecular complexity index is 1000. The minimum atomic E-state index is -0.358. The molecule has 1 aliphatic rings. The first-order valence-corrected chi connectivity index (χ1v) is 10.8. The van der Waals surface area contributed by atoms with Crippen LogP contribution in [0.25, 0.3) is 11.1 Å². The van der Waals surface area contributed by atoms with E-state index in [2.05, 4.69) is 22.1 Å². The smallest absolute Gasteiger partial charge is 0.298 e. The third-order valence-electron chi connectivity index (χ3n) is 4.79. The lowest BCUT2D eigenvalue weighted by atomic mass is 10.1. The second-order valence-electron chi connectivity index (χ2n) is 7.03. The zero-order valence-corrected chi connectivity index (χ0v) is 17.5. The number of nitrogens with one attached hydrogen (secondary N) is 1. The van der Waals surface area contributed by atoms with E-state index in [0.717, 1.165) is 47.1 Å². The SMILES string of the molecule is CCCN(CCOc1ccc(CC2SC(=O)NC2=O)cc1)c1nc2ccccc2o1. The van der Waals surface area contributed by atoms with Crippen molar-refractivity contribution < 1.29 is 18.7 Å². The van der Waals surface area contributed by atoms with Crippen molar-refractivity contribution >= 4 is 40.0 Å². The molecule has 1 fully saturated rings. The number of nitrogens with zero attached hydrogens (tertiary/aromatic N) is 2. The summed E-state index contributed by atoms with van der Waals surface area (Å²) in [6, 6.07) is 16.0. The Morgan fingerprint density at radius 1 is 1.13 bits per heavy atom. The first-order chi connectivity index (χ1) is 14.6. The predicted molar refractivity (Wildman–Crippen MR) is 117 cm³/mol. The van der Waals surface area contributed by atoms with Crippen molar-refractivity contribution in [3.8, 4) is 5.75 Å². The molecule has 2 amide bonds. The first-order valence-electron chi connectivity index (χ1n) is 9.96. The van der Waals surface area contributed by atoms with Gasteiger partial charge in [-0.1, -0.05) is 43.0 Å². The molecule has 1 atom stereocenters. The van der Waals surface area contributed by atoms with Crippen molar-refractivity contribution in [3.05, 3.63) is 54.1 Å². The molecule has 0 radical (unpaired) electrons. The summed E-state index contributed by atoms with van der Waals surface area (Å²) in [6.07, 6.45) is 1.49. The van der Waals surface area contributed by atoms with E-state index in [1.807, 2.05) is 48.5 Å². The van der Waals surface area contributed by atoms with Crippen molar-refractivity contribution in [2.75, 3.05) is 24.6 Å². The van der Waals surface area contributed by atoms with Gasteiger partial charge in [0.25, 0.3) is 11.3 Å². The fraction of sp³-hybridized carbons (Fsp3) is 0.318. The maximum absolute atomic E-state index is 11.7. The standard InChI is InChI=1S/C22H23N3O4S/c1-2-11-25(21-23-17-5-3-4-6-18(17)29-21)12-13-28-16-9-7-15(8-10-16)14-19-20(26)24-22(27)30-19/h3-10,19H,2,11-14H2,1H3,(H,24,26,27). The Morgan fingerprint density at radius 3 is 2.63 bits per heavy atom. The van der Waals surface area contributed by atoms with Gasteiger partial charge in [-0.2, -0.15) is 4.98 Å². The Balaban J connectivity index is 1.32. The molecule has 2 aromatic carbocycles. The molecule has 8 heteroatoms. The van der Waals surface area contributed by atoms with Gasteiger partial charge in [0.15, 0.2) is 5.58 Å². The van der Waals surface area contributed by atoms with Gasteiger partial charge in [-0.15, -0.1) is 0 Å². The number of oxazole rings is 1. The van der Waals surface area contributed by atoms with Crippen LogP contribution in [0.3, 0.4) is 0 Å². The lowest BCUT2D eigenvalue weighted by Crippen LogP contribution is -2.29. The van der Waals surface area contributed by atoms with E-state index in [9.17, 15) is 9.59 Å². The topological polar surface area (TPSA) is 84.7 Å².